The zero-order valence-electron chi connectivity index (χ0n) is 15.1. The molecule has 1 saturated heterocycles. The maximum atomic E-state index is 13.2. The van der Waals surface area contributed by atoms with E-state index in [1.807, 2.05) is 5.01 Å². The number of carbonyl (C=O) groups excluding carboxylic acids is 1. The second-order valence-electron chi connectivity index (χ2n) is 8.07. The Morgan fingerprint density at radius 1 is 0.923 bits per heavy atom. The molecule has 2 aliphatic heterocycles. The van der Waals surface area contributed by atoms with Crippen LogP contribution in [0.1, 0.15) is 25.8 Å². The fourth-order valence-corrected chi connectivity index (χ4v) is 4.48. The van der Waals surface area contributed by atoms with Crippen LogP contribution >= 0.6 is 0 Å². The molecule has 0 aromatic heterocycles. The quantitative estimate of drug-likeness (QED) is 0.616. The van der Waals surface area contributed by atoms with Gasteiger partial charge in [0.1, 0.15) is 0 Å². The number of benzene rings is 3. The average molecular weight is 342 g/mol. The lowest BCUT2D eigenvalue weighted by molar-refractivity contribution is -0.135. The highest BCUT2D eigenvalue weighted by atomic mass is 16.2. The first kappa shape index (κ1) is 15.4. The highest BCUT2D eigenvalue weighted by molar-refractivity contribution is 5.92. The highest BCUT2D eigenvalue weighted by Gasteiger charge is 2.50. The molecule has 1 unspecified atom stereocenters. The normalized spacial score (nSPS) is 21.0. The smallest absolute Gasteiger partial charge is 0.247 e. The van der Waals surface area contributed by atoms with Gasteiger partial charge in [0.05, 0.1) is 17.4 Å². The van der Waals surface area contributed by atoms with E-state index >= 15 is 0 Å². The molecule has 26 heavy (non-hydrogen) atoms. The zero-order chi connectivity index (χ0) is 17.9. The van der Waals surface area contributed by atoms with E-state index in [0.717, 1.165) is 24.2 Å². The lowest BCUT2D eigenvalue weighted by atomic mass is 9.88. The predicted molar refractivity (Wildman–Crippen MR) is 105 cm³/mol. The SMILES string of the molecule is CC1(C)CC2Cc3ccccc3N(c3ccc4ccccc4c3)N2C1=O. The van der Waals surface area contributed by atoms with Crippen LogP contribution in [0.5, 0.6) is 0 Å². The Labute approximate surface area is 153 Å². The summed E-state index contributed by atoms with van der Waals surface area (Å²) in [6, 6.07) is 23.5. The summed E-state index contributed by atoms with van der Waals surface area (Å²) >= 11 is 0. The molecule has 1 fully saturated rings. The lowest BCUT2D eigenvalue weighted by Crippen LogP contribution is -2.50. The minimum Gasteiger partial charge on any atom is -0.272 e. The molecule has 3 aromatic rings. The number of hydrazine groups is 1. The largest absolute Gasteiger partial charge is 0.272 e. The van der Waals surface area contributed by atoms with Crippen LogP contribution in [0, 0.1) is 5.41 Å². The molecule has 1 amide bonds. The Hall–Kier alpha value is -2.81. The molecular formula is C23H22N2O. The molecule has 0 spiro atoms. The van der Waals surface area contributed by atoms with Crippen molar-refractivity contribution in [1.29, 1.82) is 0 Å². The summed E-state index contributed by atoms with van der Waals surface area (Å²) in [7, 11) is 0. The van der Waals surface area contributed by atoms with E-state index in [1.165, 1.54) is 16.3 Å². The molecule has 0 radical (unpaired) electrons. The fourth-order valence-electron chi connectivity index (χ4n) is 4.48. The van der Waals surface area contributed by atoms with Crippen molar-refractivity contribution in [3.8, 4) is 0 Å². The molecule has 3 nitrogen and oxygen atoms in total. The Morgan fingerprint density at radius 2 is 1.65 bits per heavy atom. The van der Waals surface area contributed by atoms with Gasteiger partial charge in [-0.05, 0) is 47.4 Å². The monoisotopic (exact) mass is 342 g/mol. The molecule has 0 N–H and O–H groups in total. The van der Waals surface area contributed by atoms with E-state index in [9.17, 15) is 4.79 Å². The first-order chi connectivity index (χ1) is 12.5. The Morgan fingerprint density at radius 3 is 2.50 bits per heavy atom. The van der Waals surface area contributed by atoms with Gasteiger partial charge in [0, 0.05) is 5.41 Å². The van der Waals surface area contributed by atoms with Crippen molar-refractivity contribution in [3.05, 3.63) is 72.3 Å². The van der Waals surface area contributed by atoms with E-state index in [1.54, 1.807) is 0 Å². The van der Waals surface area contributed by atoms with Gasteiger partial charge >= 0.3 is 0 Å². The van der Waals surface area contributed by atoms with Crippen LogP contribution in [0.2, 0.25) is 0 Å². The minimum absolute atomic E-state index is 0.213. The van der Waals surface area contributed by atoms with Crippen molar-refractivity contribution in [3.63, 3.8) is 0 Å². The first-order valence-electron chi connectivity index (χ1n) is 9.25. The summed E-state index contributed by atoms with van der Waals surface area (Å²) in [6.45, 7) is 4.13. The molecule has 3 heteroatoms. The van der Waals surface area contributed by atoms with Crippen molar-refractivity contribution < 1.29 is 4.79 Å². The highest BCUT2D eigenvalue weighted by Crippen LogP contribution is 2.46. The third kappa shape index (κ3) is 2.16. The predicted octanol–water partition coefficient (Wildman–Crippen LogP) is 5.08. The van der Waals surface area contributed by atoms with Gasteiger partial charge in [-0.1, -0.05) is 62.4 Å². The third-order valence-corrected chi connectivity index (χ3v) is 5.75. The van der Waals surface area contributed by atoms with Gasteiger partial charge in [-0.2, -0.15) is 0 Å². The van der Waals surface area contributed by atoms with Crippen LogP contribution in [0.3, 0.4) is 0 Å². The standard InChI is InChI=1S/C23H22N2O/c1-23(2)15-20-14-18-9-5-6-10-21(18)24(25(20)22(23)26)19-12-11-16-7-3-4-8-17(16)13-19/h3-13,20H,14-15H2,1-2H3. The van der Waals surface area contributed by atoms with Gasteiger partial charge in [0.25, 0.3) is 0 Å². The number of rotatable bonds is 1. The summed E-state index contributed by atoms with van der Waals surface area (Å²) in [5.41, 5.74) is 3.16. The first-order valence-corrected chi connectivity index (χ1v) is 9.25. The van der Waals surface area contributed by atoms with E-state index in [0.29, 0.717) is 0 Å². The number of carbonyl (C=O) groups is 1. The molecular weight excluding hydrogens is 320 g/mol. The maximum Gasteiger partial charge on any atom is 0.247 e. The van der Waals surface area contributed by atoms with Gasteiger partial charge in [0.2, 0.25) is 5.91 Å². The second-order valence-corrected chi connectivity index (χ2v) is 8.07. The van der Waals surface area contributed by atoms with Crippen LogP contribution in [0.15, 0.2) is 66.7 Å². The number of nitrogens with zero attached hydrogens (tertiary/aromatic N) is 2. The summed E-state index contributed by atoms with van der Waals surface area (Å²) in [6.07, 6.45) is 1.82. The van der Waals surface area contributed by atoms with Gasteiger partial charge in [-0.3, -0.25) is 9.80 Å². The molecule has 1 atom stereocenters. The van der Waals surface area contributed by atoms with Crippen LogP contribution in [-0.2, 0) is 11.2 Å². The van der Waals surface area contributed by atoms with Crippen LogP contribution in [0.4, 0.5) is 11.4 Å². The van der Waals surface area contributed by atoms with E-state index < -0.39 is 0 Å². The maximum absolute atomic E-state index is 13.2. The molecule has 130 valence electrons. The molecule has 0 bridgehead atoms. The summed E-state index contributed by atoms with van der Waals surface area (Å²) in [4.78, 5) is 13.2. The molecule has 2 heterocycles. The number of para-hydroxylation sites is 1. The van der Waals surface area contributed by atoms with E-state index in [2.05, 4.69) is 85.6 Å². The molecule has 0 aliphatic carbocycles. The lowest BCUT2D eigenvalue weighted by Gasteiger charge is -2.43. The summed E-state index contributed by atoms with van der Waals surface area (Å²) in [5.74, 6) is 0.213. The van der Waals surface area contributed by atoms with Crippen LogP contribution in [0.25, 0.3) is 10.8 Å². The number of hydrogen-bond donors (Lipinski definition) is 0. The second kappa shape index (κ2) is 5.34. The molecule has 2 aliphatic rings. The zero-order valence-corrected chi connectivity index (χ0v) is 15.1. The van der Waals surface area contributed by atoms with Gasteiger partial charge in [-0.15, -0.1) is 0 Å². The number of amides is 1. The van der Waals surface area contributed by atoms with Crippen molar-refractivity contribution in [1.82, 2.24) is 5.01 Å². The van der Waals surface area contributed by atoms with E-state index in [-0.39, 0.29) is 17.4 Å². The van der Waals surface area contributed by atoms with Gasteiger partial charge in [0.15, 0.2) is 0 Å². The van der Waals surface area contributed by atoms with Crippen molar-refractivity contribution >= 4 is 28.1 Å². The Balaban J connectivity index is 1.71. The Kier molecular flexibility index (Phi) is 3.17. The molecule has 5 rings (SSSR count). The fraction of sp³-hybridized carbons (Fsp3) is 0.261. The van der Waals surface area contributed by atoms with Crippen LogP contribution < -0.4 is 5.01 Å². The molecule has 3 aromatic carbocycles. The number of fused-ring (bicyclic) bond motifs is 3. The van der Waals surface area contributed by atoms with Gasteiger partial charge < -0.3 is 0 Å². The topological polar surface area (TPSA) is 23.6 Å². The molecule has 0 saturated carbocycles. The minimum atomic E-state index is -0.318. The summed E-state index contributed by atoms with van der Waals surface area (Å²) in [5, 5.41) is 6.56. The number of anilines is 2. The van der Waals surface area contributed by atoms with Gasteiger partial charge in [-0.25, -0.2) is 5.01 Å². The van der Waals surface area contributed by atoms with Crippen molar-refractivity contribution in [2.75, 3.05) is 5.01 Å². The number of hydrogen-bond acceptors (Lipinski definition) is 2. The Bertz CT molecular complexity index is 1020. The third-order valence-electron chi connectivity index (χ3n) is 5.75. The van der Waals surface area contributed by atoms with Crippen molar-refractivity contribution in [2.45, 2.75) is 32.7 Å². The van der Waals surface area contributed by atoms with Crippen molar-refractivity contribution in [2.24, 2.45) is 5.41 Å². The average Bonchev–Trinajstić information content (AvgIpc) is 2.88. The summed E-state index contributed by atoms with van der Waals surface area (Å²) < 4.78 is 0. The van der Waals surface area contributed by atoms with Crippen LogP contribution in [-0.4, -0.2) is 17.0 Å². The van der Waals surface area contributed by atoms with E-state index in [4.69, 9.17) is 0 Å².